The van der Waals surface area contributed by atoms with Crippen molar-refractivity contribution >= 4 is 5.91 Å². The fourth-order valence-corrected chi connectivity index (χ4v) is 1.65. The molecule has 5 heteroatoms. The lowest BCUT2D eigenvalue weighted by Crippen LogP contribution is -2.51. The molecule has 0 fully saturated rings. The number of nitrogens with two attached hydrogens (primary N) is 1. The van der Waals surface area contributed by atoms with Gasteiger partial charge >= 0.3 is 0 Å². The predicted octanol–water partition coefficient (Wildman–Crippen LogP) is 1.76. The van der Waals surface area contributed by atoms with Crippen molar-refractivity contribution in [2.45, 2.75) is 32.2 Å². The molecule has 0 saturated heterocycles. The Labute approximate surface area is 113 Å². The topological polar surface area (TPSA) is 64.3 Å². The third-order valence-corrected chi connectivity index (χ3v) is 3.33. The van der Waals surface area contributed by atoms with Crippen LogP contribution in [0.4, 0.5) is 4.39 Å². The first-order valence-electron chi connectivity index (χ1n) is 6.27. The molecule has 3 N–H and O–H groups in total. The number of carbonyl (C=O) groups is 1. The minimum absolute atomic E-state index is 0.283. The minimum atomic E-state index is -0.734. The maximum Gasteiger partial charge on any atom is 0.237 e. The molecule has 1 aromatic carbocycles. The van der Waals surface area contributed by atoms with Gasteiger partial charge in [-0.1, -0.05) is 6.07 Å². The molecule has 1 aromatic rings. The van der Waals surface area contributed by atoms with Crippen LogP contribution in [0, 0.1) is 12.7 Å². The van der Waals surface area contributed by atoms with Crippen LogP contribution in [0.3, 0.4) is 0 Å². The molecule has 1 amide bonds. The summed E-state index contributed by atoms with van der Waals surface area (Å²) in [7, 11) is 1.70. The summed E-state index contributed by atoms with van der Waals surface area (Å²) in [6.45, 7) is 3.86. The first-order valence-corrected chi connectivity index (χ1v) is 6.27. The van der Waals surface area contributed by atoms with Crippen LogP contribution < -0.4 is 15.8 Å². The molecule has 0 aliphatic heterocycles. The maximum atomic E-state index is 13.3. The molecular formula is C14H21FN2O2. The van der Waals surface area contributed by atoms with Crippen LogP contribution in [-0.2, 0) is 4.79 Å². The second-order valence-electron chi connectivity index (χ2n) is 4.81. The Morgan fingerprint density at radius 2 is 2.21 bits per heavy atom. The highest BCUT2D eigenvalue weighted by atomic mass is 19.1. The van der Waals surface area contributed by atoms with Crippen LogP contribution in [0.2, 0.25) is 0 Å². The van der Waals surface area contributed by atoms with Crippen molar-refractivity contribution in [3.63, 3.8) is 0 Å². The van der Waals surface area contributed by atoms with E-state index in [4.69, 9.17) is 10.5 Å². The smallest absolute Gasteiger partial charge is 0.237 e. The van der Waals surface area contributed by atoms with E-state index in [2.05, 4.69) is 5.32 Å². The Hall–Kier alpha value is -1.62. The molecular weight excluding hydrogens is 247 g/mol. The number of nitrogens with one attached hydrogen (secondary N) is 1. The lowest BCUT2D eigenvalue weighted by Gasteiger charge is -2.25. The Kier molecular flexibility index (Phi) is 5.30. The fourth-order valence-electron chi connectivity index (χ4n) is 1.65. The summed E-state index contributed by atoms with van der Waals surface area (Å²) in [5.41, 5.74) is 5.17. The van der Waals surface area contributed by atoms with E-state index in [1.165, 1.54) is 6.07 Å². The summed E-state index contributed by atoms with van der Waals surface area (Å²) in [5, 5.41) is 2.90. The van der Waals surface area contributed by atoms with E-state index in [-0.39, 0.29) is 5.82 Å². The van der Waals surface area contributed by atoms with Crippen LogP contribution >= 0.6 is 0 Å². The number of benzene rings is 1. The van der Waals surface area contributed by atoms with Crippen molar-refractivity contribution in [1.82, 2.24) is 5.32 Å². The molecule has 0 aliphatic carbocycles. The highest BCUT2D eigenvalue weighted by Gasteiger charge is 2.28. The van der Waals surface area contributed by atoms with Gasteiger partial charge in [0.15, 0.2) is 0 Å². The molecule has 0 radical (unpaired) electrons. The van der Waals surface area contributed by atoms with E-state index in [1.807, 2.05) is 0 Å². The van der Waals surface area contributed by atoms with E-state index >= 15 is 0 Å². The number of carbonyl (C=O) groups excluding carboxylic acids is 1. The first-order chi connectivity index (χ1) is 8.89. The van der Waals surface area contributed by atoms with Crippen molar-refractivity contribution in [2.75, 3.05) is 13.7 Å². The number of rotatable bonds is 7. The summed E-state index contributed by atoms with van der Waals surface area (Å²) in [5.74, 6) is -0.181. The van der Waals surface area contributed by atoms with Crippen LogP contribution in [0.15, 0.2) is 18.2 Å². The van der Waals surface area contributed by atoms with Crippen LogP contribution in [-0.4, -0.2) is 25.1 Å². The summed E-state index contributed by atoms with van der Waals surface area (Å²) in [6, 6.07) is 4.76. The molecule has 4 nitrogen and oxygen atoms in total. The van der Waals surface area contributed by atoms with E-state index in [0.717, 1.165) is 0 Å². The molecule has 1 unspecified atom stereocenters. The number of amides is 1. The molecule has 1 rings (SSSR count). The van der Waals surface area contributed by atoms with Gasteiger partial charge in [0.25, 0.3) is 0 Å². The Balaban J connectivity index is 2.42. The van der Waals surface area contributed by atoms with Crippen molar-refractivity contribution < 1.29 is 13.9 Å². The molecule has 0 aliphatic rings. The van der Waals surface area contributed by atoms with Crippen LogP contribution in [0.1, 0.15) is 25.3 Å². The number of hydrogen-bond donors (Lipinski definition) is 2. The Morgan fingerprint density at radius 1 is 1.53 bits per heavy atom. The van der Waals surface area contributed by atoms with Gasteiger partial charge in [0.2, 0.25) is 5.91 Å². The normalized spacial score (nSPS) is 13.9. The SMILES string of the molecule is CNC(C)(CCCOc1ccc(C)c(F)c1)C(N)=O. The van der Waals surface area contributed by atoms with Crippen molar-refractivity contribution in [2.24, 2.45) is 5.73 Å². The molecule has 106 valence electrons. The predicted molar refractivity (Wildman–Crippen MR) is 72.5 cm³/mol. The number of likely N-dealkylation sites (N-methyl/N-ethyl adjacent to an activating group) is 1. The molecule has 19 heavy (non-hydrogen) atoms. The van der Waals surface area contributed by atoms with E-state index in [9.17, 15) is 9.18 Å². The van der Waals surface area contributed by atoms with Gasteiger partial charge < -0.3 is 15.8 Å². The number of aryl methyl sites for hydroxylation is 1. The molecule has 0 aromatic heterocycles. The number of halogens is 1. The average molecular weight is 268 g/mol. The van der Waals surface area contributed by atoms with Gasteiger partial charge in [-0.15, -0.1) is 0 Å². The summed E-state index contributed by atoms with van der Waals surface area (Å²) in [4.78, 5) is 11.3. The summed E-state index contributed by atoms with van der Waals surface area (Å²) in [6.07, 6.45) is 1.21. The quantitative estimate of drug-likeness (QED) is 0.741. The lowest BCUT2D eigenvalue weighted by molar-refractivity contribution is -0.123. The van der Waals surface area contributed by atoms with Crippen LogP contribution in [0.5, 0.6) is 5.75 Å². The Morgan fingerprint density at radius 3 is 2.74 bits per heavy atom. The summed E-state index contributed by atoms with van der Waals surface area (Å²) >= 11 is 0. The third kappa shape index (κ3) is 4.21. The van der Waals surface area contributed by atoms with Gasteiger partial charge in [-0.25, -0.2) is 4.39 Å². The monoisotopic (exact) mass is 268 g/mol. The van der Waals surface area contributed by atoms with Gasteiger partial charge in [-0.2, -0.15) is 0 Å². The van der Waals surface area contributed by atoms with Gasteiger partial charge in [0, 0.05) is 6.07 Å². The zero-order chi connectivity index (χ0) is 14.5. The maximum absolute atomic E-state index is 13.3. The molecule has 1 atom stereocenters. The number of primary amides is 1. The van der Waals surface area contributed by atoms with E-state index < -0.39 is 11.4 Å². The lowest BCUT2D eigenvalue weighted by atomic mass is 9.95. The number of hydrogen-bond acceptors (Lipinski definition) is 3. The molecule has 0 saturated carbocycles. The highest BCUT2D eigenvalue weighted by molar-refractivity contribution is 5.84. The Bertz CT molecular complexity index is 451. The fraction of sp³-hybridized carbons (Fsp3) is 0.500. The highest BCUT2D eigenvalue weighted by Crippen LogP contribution is 2.17. The summed E-state index contributed by atoms with van der Waals surface area (Å²) < 4.78 is 18.7. The van der Waals surface area contributed by atoms with Gasteiger partial charge in [0.1, 0.15) is 11.6 Å². The second kappa shape index (κ2) is 6.52. The van der Waals surface area contributed by atoms with Gasteiger partial charge in [0.05, 0.1) is 12.1 Å². The minimum Gasteiger partial charge on any atom is -0.493 e. The molecule has 0 heterocycles. The number of ether oxygens (including phenoxy) is 1. The third-order valence-electron chi connectivity index (χ3n) is 3.33. The average Bonchev–Trinajstić information content (AvgIpc) is 2.38. The van der Waals surface area contributed by atoms with Gasteiger partial charge in [-0.3, -0.25) is 4.79 Å². The van der Waals surface area contributed by atoms with Crippen molar-refractivity contribution in [3.05, 3.63) is 29.6 Å². The van der Waals surface area contributed by atoms with E-state index in [0.29, 0.717) is 30.8 Å². The molecule has 0 bridgehead atoms. The van der Waals surface area contributed by atoms with Crippen molar-refractivity contribution in [1.29, 1.82) is 0 Å². The van der Waals surface area contributed by atoms with Crippen molar-refractivity contribution in [3.8, 4) is 5.75 Å². The zero-order valence-electron chi connectivity index (χ0n) is 11.6. The van der Waals surface area contributed by atoms with Crippen LogP contribution in [0.25, 0.3) is 0 Å². The molecule has 0 spiro atoms. The first kappa shape index (κ1) is 15.4. The largest absolute Gasteiger partial charge is 0.493 e. The standard InChI is InChI=1S/C14H21FN2O2/c1-10-5-6-11(9-12(10)15)19-8-4-7-14(2,17-3)13(16)18/h5-6,9,17H,4,7-8H2,1-3H3,(H2,16,18). The van der Waals surface area contributed by atoms with Gasteiger partial charge in [-0.05, 0) is 45.4 Å². The van der Waals surface area contributed by atoms with E-state index in [1.54, 1.807) is 33.0 Å². The zero-order valence-corrected chi connectivity index (χ0v) is 11.6. The second-order valence-corrected chi connectivity index (χ2v) is 4.81.